The molecule has 2 aromatic carbocycles. The van der Waals surface area contributed by atoms with Crippen LogP contribution in [0.4, 0.5) is 11.4 Å². The van der Waals surface area contributed by atoms with E-state index in [4.69, 9.17) is 4.74 Å². The summed E-state index contributed by atoms with van der Waals surface area (Å²) in [7, 11) is 1.52. The largest absolute Gasteiger partial charge is 0.375 e. The van der Waals surface area contributed by atoms with Crippen molar-refractivity contribution in [3.05, 3.63) is 59.2 Å². The summed E-state index contributed by atoms with van der Waals surface area (Å²) in [6.07, 6.45) is 1.79. The number of amides is 2. The zero-order chi connectivity index (χ0) is 17.8. The summed E-state index contributed by atoms with van der Waals surface area (Å²) in [6.45, 7) is 2.73. The van der Waals surface area contributed by atoms with Crippen LogP contribution in [-0.2, 0) is 16.0 Å². The SMILES string of the molecule is COCC(=O)N1CCCc2cc(NC(=O)c3cccc(C)c3)ccc21. The van der Waals surface area contributed by atoms with Gasteiger partial charge in [-0.25, -0.2) is 0 Å². The maximum absolute atomic E-state index is 12.4. The molecule has 0 bridgehead atoms. The Morgan fingerprint density at radius 3 is 2.80 bits per heavy atom. The van der Waals surface area contributed by atoms with Crippen LogP contribution < -0.4 is 10.2 Å². The van der Waals surface area contributed by atoms with Crippen LogP contribution in [0.15, 0.2) is 42.5 Å². The van der Waals surface area contributed by atoms with Crippen molar-refractivity contribution in [3.63, 3.8) is 0 Å². The Hall–Kier alpha value is -2.66. The quantitative estimate of drug-likeness (QED) is 0.931. The third-order valence-electron chi connectivity index (χ3n) is 4.31. The van der Waals surface area contributed by atoms with Gasteiger partial charge in [-0.1, -0.05) is 17.7 Å². The topological polar surface area (TPSA) is 58.6 Å². The minimum Gasteiger partial charge on any atom is -0.375 e. The van der Waals surface area contributed by atoms with Crippen molar-refractivity contribution in [2.75, 3.05) is 30.5 Å². The van der Waals surface area contributed by atoms with Crippen LogP contribution in [0.25, 0.3) is 0 Å². The van der Waals surface area contributed by atoms with Gasteiger partial charge >= 0.3 is 0 Å². The highest BCUT2D eigenvalue weighted by molar-refractivity contribution is 6.04. The molecule has 0 unspecified atom stereocenters. The van der Waals surface area contributed by atoms with Crippen LogP contribution in [0.3, 0.4) is 0 Å². The molecular weight excluding hydrogens is 316 g/mol. The van der Waals surface area contributed by atoms with E-state index >= 15 is 0 Å². The second-order valence-electron chi connectivity index (χ2n) is 6.25. The van der Waals surface area contributed by atoms with Crippen LogP contribution in [0.1, 0.15) is 27.9 Å². The number of carbonyl (C=O) groups is 2. The first-order valence-electron chi connectivity index (χ1n) is 8.39. The van der Waals surface area contributed by atoms with Gasteiger partial charge in [0.05, 0.1) is 0 Å². The monoisotopic (exact) mass is 338 g/mol. The molecule has 0 aliphatic carbocycles. The van der Waals surface area contributed by atoms with Crippen molar-refractivity contribution in [1.82, 2.24) is 0 Å². The molecule has 130 valence electrons. The van der Waals surface area contributed by atoms with E-state index < -0.39 is 0 Å². The van der Waals surface area contributed by atoms with Crippen molar-refractivity contribution in [1.29, 1.82) is 0 Å². The number of aryl methyl sites for hydroxylation is 2. The molecule has 0 atom stereocenters. The number of benzene rings is 2. The van der Waals surface area contributed by atoms with Gasteiger partial charge in [0.15, 0.2) is 0 Å². The van der Waals surface area contributed by atoms with E-state index in [0.717, 1.165) is 35.3 Å². The molecular formula is C20H22N2O3. The van der Waals surface area contributed by atoms with E-state index in [9.17, 15) is 9.59 Å². The summed E-state index contributed by atoms with van der Waals surface area (Å²) >= 11 is 0. The minimum absolute atomic E-state index is 0.0417. The van der Waals surface area contributed by atoms with Crippen molar-refractivity contribution in [2.24, 2.45) is 0 Å². The number of nitrogens with zero attached hydrogens (tertiary/aromatic N) is 1. The lowest BCUT2D eigenvalue weighted by atomic mass is 10.0. The maximum atomic E-state index is 12.4. The number of rotatable bonds is 4. The Labute approximate surface area is 147 Å². The van der Waals surface area contributed by atoms with Crippen LogP contribution in [0.2, 0.25) is 0 Å². The Morgan fingerprint density at radius 2 is 2.04 bits per heavy atom. The molecule has 0 saturated heterocycles. The van der Waals surface area contributed by atoms with Gasteiger partial charge in [0.25, 0.3) is 11.8 Å². The third kappa shape index (κ3) is 3.88. The normalized spacial score (nSPS) is 13.3. The average Bonchev–Trinajstić information content (AvgIpc) is 2.61. The molecule has 1 aliphatic rings. The number of methoxy groups -OCH3 is 1. The fourth-order valence-corrected chi connectivity index (χ4v) is 3.12. The predicted octanol–water partition coefficient (Wildman–Crippen LogP) is 3.17. The van der Waals surface area contributed by atoms with Gasteiger partial charge in [-0.3, -0.25) is 9.59 Å². The van der Waals surface area contributed by atoms with Gasteiger partial charge in [-0.15, -0.1) is 0 Å². The number of ether oxygens (including phenoxy) is 1. The first kappa shape index (κ1) is 17.2. The molecule has 0 spiro atoms. The molecule has 0 fully saturated rings. The number of fused-ring (bicyclic) bond motifs is 1. The second kappa shape index (κ2) is 7.49. The molecule has 1 heterocycles. The van der Waals surface area contributed by atoms with Crippen molar-refractivity contribution in [3.8, 4) is 0 Å². The van der Waals surface area contributed by atoms with Crippen molar-refractivity contribution < 1.29 is 14.3 Å². The lowest BCUT2D eigenvalue weighted by molar-refractivity contribution is -0.122. The smallest absolute Gasteiger partial charge is 0.255 e. The van der Waals surface area contributed by atoms with E-state index in [1.54, 1.807) is 11.0 Å². The molecule has 25 heavy (non-hydrogen) atoms. The van der Waals surface area contributed by atoms with Crippen LogP contribution in [-0.4, -0.2) is 32.1 Å². The van der Waals surface area contributed by atoms with Gasteiger partial charge in [-0.05, 0) is 55.7 Å². The van der Waals surface area contributed by atoms with Crippen LogP contribution >= 0.6 is 0 Å². The summed E-state index contributed by atoms with van der Waals surface area (Å²) in [5.74, 6) is -0.174. The Kier molecular flexibility index (Phi) is 5.14. The van der Waals surface area contributed by atoms with Crippen LogP contribution in [0.5, 0.6) is 0 Å². The number of hydrogen-bond donors (Lipinski definition) is 1. The molecule has 3 rings (SSSR count). The van der Waals surface area contributed by atoms with E-state index in [-0.39, 0.29) is 18.4 Å². The van der Waals surface area contributed by atoms with Crippen molar-refractivity contribution in [2.45, 2.75) is 19.8 Å². The summed E-state index contributed by atoms with van der Waals surface area (Å²) in [5, 5.41) is 2.94. The van der Waals surface area contributed by atoms with E-state index in [1.165, 1.54) is 7.11 Å². The van der Waals surface area contributed by atoms with E-state index in [0.29, 0.717) is 12.1 Å². The fourth-order valence-electron chi connectivity index (χ4n) is 3.12. The lowest BCUT2D eigenvalue weighted by Gasteiger charge is -2.29. The van der Waals surface area contributed by atoms with E-state index in [1.807, 2.05) is 43.3 Å². The Morgan fingerprint density at radius 1 is 1.20 bits per heavy atom. The highest BCUT2D eigenvalue weighted by atomic mass is 16.5. The summed E-state index contributed by atoms with van der Waals surface area (Å²) < 4.78 is 4.96. The highest BCUT2D eigenvalue weighted by Crippen LogP contribution is 2.30. The Balaban J connectivity index is 1.79. The second-order valence-corrected chi connectivity index (χ2v) is 6.25. The third-order valence-corrected chi connectivity index (χ3v) is 4.31. The predicted molar refractivity (Wildman–Crippen MR) is 98.1 cm³/mol. The molecule has 1 aliphatic heterocycles. The summed E-state index contributed by atoms with van der Waals surface area (Å²) in [4.78, 5) is 26.3. The molecule has 5 nitrogen and oxygen atoms in total. The molecule has 1 N–H and O–H groups in total. The Bertz CT molecular complexity index is 801. The molecule has 5 heteroatoms. The maximum Gasteiger partial charge on any atom is 0.255 e. The van der Waals surface area contributed by atoms with Gasteiger partial charge < -0.3 is 15.0 Å². The van der Waals surface area contributed by atoms with Gasteiger partial charge in [0.2, 0.25) is 0 Å². The minimum atomic E-state index is -0.133. The summed E-state index contributed by atoms with van der Waals surface area (Å²) in [5.41, 5.74) is 4.39. The first-order valence-corrected chi connectivity index (χ1v) is 8.39. The number of hydrogen-bond acceptors (Lipinski definition) is 3. The zero-order valence-corrected chi connectivity index (χ0v) is 14.5. The highest BCUT2D eigenvalue weighted by Gasteiger charge is 2.22. The van der Waals surface area contributed by atoms with Crippen LogP contribution in [0, 0.1) is 6.92 Å². The van der Waals surface area contributed by atoms with Gasteiger partial charge in [0, 0.05) is 30.6 Å². The van der Waals surface area contributed by atoms with Crippen molar-refractivity contribution >= 4 is 23.2 Å². The number of carbonyl (C=O) groups excluding carboxylic acids is 2. The lowest BCUT2D eigenvalue weighted by Crippen LogP contribution is -2.37. The molecule has 0 saturated carbocycles. The van der Waals surface area contributed by atoms with E-state index in [2.05, 4.69) is 5.32 Å². The standard InChI is InChI=1S/C20H22N2O3/c1-14-5-3-6-16(11-14)20(24)21-17-8-9-18-15(12-17)7-4-10-22(18)19(23)13-25-2/h3,5-6,8-9,11-12H,4,7,10,13H2,1-2H3,(H,21,24). The molecule has 2 aromatic rings. The summed E-state index contributed by atoms with van der Waals surface area (Å²) in [6, 6.07) is 13.2. The van der Waals surface area contributed by atoms with Gasteiger partial charge in [-0.2, -0.15) is 0 Å². The zero-order valence-electron chi connectivity index (χ0n) is 14.5. The molecule has 2 amide bonds. The first-order chi connectivity index (χ1) is 12.1. The average molecular weight is 338 g/mol. The fraction of sp³-hybridized carbons (Fsp3) is 0.300. The molecule has 0 aromatic heterocycles. The van der Waals surface area contributed by atoms with Gasteiger partial charge in [0.1, 0.15) is 6.61 Å². The molecule has 0 radical (unpaired) electrons. The number of nitrogens with one attached hydrogen (secondary N) is 1. The number of anilines is 2.